The van der Waals surface area contributed by atoms with E-state index in [1.807, 2.05) is 49.2 Å². The topological polar surface area (TPSA) is 95.6 Å². The van der Waals surface area contributed by atoms with Gasteiger partial charge in [0.2, 0.25) is 11.9 Å². The average Bonchev–Trinajstić information content (AvgIpc) is 3.05. The number of halogens is 1. The number of aliphatic hydroxyl groups is 1. The van der Waals surface area contributed by atoms with Crippen LogP contribution in [0.15, 0.2) is 30.5 Å². The highest BCUT2D eigenvalue weighted by molar-refractivity contribution is 6.30. The molecular formula is C24H32ClN5O2. The Morgan fingerprint density at radius 3 is 2.53 bits per heavy atom. The third-order valence-electron chi connectivity index (χ3n) is 6.43. The molecule has 0 spiro atoms. The zero-order chi connectivity index (χ0) is 23.0. The van der Waals surface area contributed by atoms with Crippen molar-refractivity contribution >= 4 is 23.5 Å². The number of hydrogen-bond donors (Lipinski definition) is 2. The number of nitrogens with zero attached hydrogens (tertiary/aromatic N) is 4. The van der Waals surface area contributed by atoms with Gasteiger partial charge in [0.05, 0.1) is 17.7 Å². The predicted molar refractivity (Wildman–Crippen MR) is 126 cm³/mol. The van der Waals surface area contributed by atoms with Gasteiger partial charge in [-0.05, 0) is 55.9 Å². The summed E-state index contributed by atoms with van der Waals surface area (Å²) < 4.78 is 0. The van der Waals surface area contributed by atoms with Gasteiger partial charge < -0.3 is 20.6 Å². The summed E-state index contributed by atoms with van der Waals surface area (Å²) in [5.74, 6) is 0.678. The lowest BCUT2D eigenvalue weighted by Gasteiger charge is -2.37. The molecule has 1 aromatic carbocycles. The molecule has 2 heterocycles. The lowest BCUT2D eigenvalue weighted by molar-refractivity contribution is -0.133. The highest BCUT2D eigenvalue weighted by Gasteiger charge is 2.33. The number of piperazine rings is 1. The van der Waals surface area contributed by atoms with Crippen molar-refractivity contribution in [3.05, 3.63) is 52.3 Å². The number of aromatic nitrogens is 2. The monoisotopic (exact) mass is 457 g/mol. The zero-order valence-corrected chi connectivity index (χ0v) is 19.7. The summed E-state index contributed by atoms with van der Waals surface area (Å²) in [6, 6.07) is 7.47. The Morgan fingerprint density at radius 2 is 1.91 bits per heavy atom. The summed E-state index contributed by atoms with van der Waals surface area (Å²) in [7, 11) is 0. The van der Waals surface area contributed by atoms with Crippen molar-refractivity contribution in [1.82, 2.24) is 14.9 Å². The molecule has 2 aromatic rings. The highest BCUT2D eigenvalue weighted by atomic mass is 35.5. The van der Waals surface area contributed by atoms with Crippen LogP contribution in [0.2, 0.25) is 5.02 Å². The normalized spacial score (nSPS) is 22.1. The molecule has 1 saturated heterocycles. The summed E-state index contributed by atoms with van der Waals surface area (Å²) in [6.45, 7) is 8.46. The summed E-state index contributed by atoms with van der Waals surface area (Å²) in [4.78, 5) is 26.7. The molecule has 32 heavy (non-hydrogen) atoms. The van der Waals surface area contributed by atoms with E-state index in [1.165, 1.54) is 0 Å². The number of hydrogen-bond acceptors (Lipinski definition) is 6. The average molecular weight is 458 g/mol. The van der Waals surface area contributed by atoms with Crippen molar-refractivity contribution in [2.75, 3.05) is 31.1 Å². The van der Waals surface area contributed by atoms with Crippen molar-refractivity contribution in [1.29, 1.82) is 0 Å². The number of anilines is 1. The molecule has 1 aromatic heterocycles. The predicted octanol–water partition coefficient (Wildman–Crippen LogP) is 3.23. The van der Waals surface area contributed by atoms with Crippen LogP contribution in [0.1, 0.15) is 68.4 Å². The fraction of sp³-hybridized carbons (Fsp3) is 0.542. The number of rotatable bonds is 5. The first-order chi connectivity index (χ1) is 15.1. The van der Waals surface area contributed by atoms with Gasteiger partial charge in [0.25, 0.3) is 0 Å². The number of fused-ring (bicyclic) bond motifs is 1. The van der Waals surface area contributed by atoms with Crippen molar-refractivity contribution < 1.29 is 9.90 Å². The summed E-state index contributed by atoms with van der Waals surface area (Å²) in [5.41, 5.74) is 8.53. The number of aliphatic hydroxyl groups excluding tert-OH is 1. The van der Waals surface area contributed by atoms with Crippen LogP contribution in [0.3, 0.4) is 0 Å². The maximum atomic E-state index is 13.5. The van der Waals surface area contributed by atoms with Crippen molar-refractivity contribution in [3.63, 3.8) is 0 Å². The van der Waals surface area contributed by atoms with Gasteiger partial charge in [-0.25, -0.2) is 9.97 Å². The minimum atomic E-state index is -0.524. The van der Waals surface area contributed by atoms with Gasteiger partial charge in [-0.2, -0.15) is 0 Å². The van der Waals surface area contributed by atoms with E-state index in [9.17, 15) is 9.90 Å². The van der Waals surface area contributed by atoms with Crippen LogP contribution in [-0.2, 0) is 4.79 Å². The number of carbonyl (C=O) groups excluding carboxylic acids is 1. The first-order valence-corrected chi connectivity index (χ1v) is 11.6. The van der Waals surface area contributed by atoms with E-state index in [4.69, 9.17) is 17.3 Å². The molecule has 2 aliphatic rings. The molecule has 1 amide bonds. The molecular weight excluding hydrogens is 426 g/mol. The number of amides is 1. The van der Waals surface area contributed by atoms with Gasteiger partial charge in [0.15, 0.2) is 0 Å². The quantitative estimate of drug-likeness (QED) is 0.715. The maximum Gasteiger partial charge on any atom is 0.230 e. The van der Waals surface area contributed by atoms with Crippen LogP contribution in [-0.4, -0.2) is 57.6 Å². The SMILES string of the molecule is C[C@@H]1C[C@@H](O)c2nc(N3CCN(C(=O)C(CC(C)(C)N)c4ccc(Cl)cc4)CC3)ncc21. The van der Waals surface area contributed by atoms with E-state index in [0.717, 1.165) is 16.8 Å². The van der Waals surface area contributed by atoms with E-state index >= 15 is 0 Å². The van der Waals surface area contributed by atoms with Gasteiger partial charge in [-0.15, -0.1) is 0 Å². The summed E-state index contributed by atoms with van der Waals surface area (Å²) in [6.07, 6.45) is 2.57. The van der Waals surface area contributed by atoms with Crippen LogP contribution < -0.4 is 10.6 Å². The Bertz CT molecular complexity index is 967. The van der Waals surface area contributed by atoms with Crippen molar-refractivity contribution in [2.24, 2.45) is 5.73 Å². The van der Waals surface area contributed by atoms with Crippen LogP contribution >= 0.6 is 11.6 Å². The Morgan fingerprint density at radius 1 is 1.25 bits per heavy atom. The van der Waals surface area contributed by atoms with E-state index in [1.54, 1.807) is 0 Å². The standard InChI is InChI=1S/C24H32ClN5O2/c1-15-12-20(31)21-19(15)14-27-23(28-21)30-10-8-29(9-11-30)22(32)18(13-24(2,3)26)16-4-6-17(25)7-5-16/h4-7,14-15,18,20,31H,8-13,26H2,1-3H3/t15-,18?,20-/m1/s1. The van der Waals surface area contributed by atoms with Crippen LogP contribution in [0.25, 0.3) is 0 Å². The molecule has 1 aliphatic heterocycles. The molecule has 3 N–H and O–H groups in total. The van der Waals surface area contributed by atoms with Crippen molar-refractivity contribution in [3.8, 4) is 0 Å². The summed E-state index contributed by atoms with van der Waals surface area (Å²) >= 11 is 6.05. The molecule has 4 rings (SSSR count). The number of nitrogens with two attached hydrogens (primary N) is 1. The molecule has 0 radical (unpaired) electrons. The second-order valence-corrected chi connectivity index (χ2v) is 10.2. The Balaban J connectivity index is 1.46. The summed E-state index contributed by atoms with van der Waals surface area (Å²) in [5, 5.41) is 10.9. The molecule has 0 bridgehead atoms. The molecule has 8 heteroatoms. The van der Waals surface area contributed by atoms with Gasteiger partial charge in [-0.1, -0.05) is 30.7 Å². The molecule has 3 atom stereocenters. The van der Waals surface area contributed by atoms with Crippen LogP contribution in [0, 0.1) is 0 Å². The second-order valence-electron chi connectivity index (χ2n) is 9.77. The molecule has 172 valence electrons. The Kier molecular flexibility index (Phi) is 6.43. The fourth-order valence-corrected chi connectivity index (χ4v) is 4.81. The molecule has 0 saturated carbocycles. The Hall–Kier alpha value is -2.22. The third-order valence-corrected chi connectivity index (χ3v) is 6.69. The molecule has 1 unspecified atom stereocenters. The highest BCUT2D eigenvalue weighted by Crippen LogP contribution is 2.39. The van der Waals surface area contributed by atoms with Gasteiger partial charge in [0.1, 0.15) is 0 Å². The van der Waals surface area contributed by atoms with Crippen LogP contribution in [0.4, 0.5) is 5.95 Å². The zero-order valence-electron chi connectivity index (χ0n) is 19.0. The Labute approximate surface area is 194 Å². The molecule has 1 aliphatic carbocycles. The maximum absolute atomic E-state index is 13.5. The minimum absolute atomic E-state index is 0.0876. The molecule has 1 fully saturated rings. The third kappa shape index (κ3) is 4.90. The fourth-order valence-electron chi connectivity index (χ4n) is 4.68. The first kappa shape index (κ1) is 23.0. The lowest BCUT2D eigenvalue weighted by atomic mass is 9.85. The minimum Gasteiger partial charge on any atom is -0.387 e. The number of carbonyl (C=O) groups is 1. The van der Waals surface area contributed by atoms with Gasteiger partial charge in [0, 0.05) is 42.9 Å². The van der Waals surface area contributed by atoms with E-state index in [2.05, 4.69) is 21.8 Å². The molecule has 7 nitrogen and oxygen atoms in total. The smallest absolute Gasteiger partial charge is 0.230 e. The van der Waals surface area contributed by atoms with Crippen LogP contribution in [0.5, 0.6) is 0 Å². The van der Waals surface area contributed by atoms with E-state index in [-0.39, 0.29) is 17.7 Å². The lowest BCUT2D eigenvalue weighted by Crippen LogP contribution is -2.51. The largest absolute Gasteiger partial charge is 0.387 e. The van der Waals surface area contributed by atoms with E-state index < -0.39 is 11.6 Å². The second kappa shape index (κ2) is 8.96. The van der Waals surface area contributed by atoms with E-state index in [0.29, 0.717) is 50.0 Å². The van der Waals surface area contributed by atoms with Gasteiger partial charge in [-0.3, -0.25) is 4.79 Å². The van der Waals surface area contributed by atoms with Crippen molar-refractivity contribution in [2.45, 2.75) is 57.1 Å². The van der Waals surface area contributed by atoms with Gasteiger partial charge >= 0.3 is 0 Å². The number of benzene rings is 1. The first-order valence-electron chi connectivity index (χ1n) is 11.3.